The van der Waals surface area contributed by atoms with Crippen molar-refractivity contribution in [1.82, 2.24) is 10.6 Å². The van der Waals surface area contributed by atoms with Gasteiger partial charge in [-0.25, -0.2) is 0 Å². The molecule has 1 heterocycles. The van der Waals surface area contributed by atoms with Crippen LogP contribution in [-0.4, -0.2) is 36.5 Å². The van der Waals surface area contributed by atoms with Crippen LogP contribution in [0.3, 0.4) is 0 Å². The molecule has 0 bridgehead atoms. The van der Waals surface area contributed by atoms with Crippen LogP contribution in [0, 0.1) is 0 Å². The Bertz CT molecular complexity index is 134. The highest BCUT2D eigenvalue weighted by atomic mass is 32.2. The SMILES string of the molecule is CCNC(=O)C1CSCCN1. The molecular formula is C7H14N2OS. The van der Waals surface area contributed by atoms with E-state index in [0.717, 1.165) is 24.6 Å². The van der Waals surface area contributed by atoms with Crippen molar-refractivity contribution in [2.45, 2.75) is 13.0 Å². The van der Waals surface area contributed by atoms with Crippen LogP contribution in [-0.2, 0) is 4.79 Å². The van der Waals surface area contributed by atoms with E-state index in [9.17, 15) is 4.79 Å². The lowest BCUT2D eigenvalue weighted by Crippen LogP contribution is -2.48. The van der Waals surface area contributed by atoms with Gasteiger partial charge in [0.1, 0.15) is 0 Å². The molecule has 0 aromatic carbocycles. The number of thioether (sulfide) groups is 1. The summed E-state index contributed by atoms with van der Waals surface area (Å²) in [5.41, 5.74) is 0. The van der Waals surface area contributed by atoms with Gasteiger partial charge in [-0.05, 0) is 6.92 Å². The minimum absolute atomic E-state index is 0.0358. The van der Waals surface area contributed by atoms with Crippen molar-refractivity contribution < 1.29 is 4.79 Å². The lowest BCUT2D eigenvalue weighted by atomic mass is 10.3. The van der Waals surface area contributed by atoms with Gasteiger partial charge in [0, 0.05) is 24.6 Å². The largest absolute Gasteiger partial charge is 0.355 e. The molecule has 1 atom stereocenters. The molecule has 1 amide bonds. The van der Waals surface area contributed by atoms with Crippen LogP contribution < -0.4 is 10.6 Å². The van der Waals surface area contributed by atoms with Crippen LogP contribution in [0.1, 0.15) is 6.92 Å². The monoisotopic (exact) mass is 174 g/mol. The smallest absolute Gasteiger partial charge is 0.237 e. The van der Waals surface area contributed by atoms with E-state index in [1.54, 1.807) is 0 Å². The van der Waals surface area contributed by atoms with Gasteiger partial charge >= 0.3 is 0 Å². The van der Waals surface area contributed by atoms with E-state index in [0.29, 0.717) is 0 Å². The molecule has 1 unspecified atom stereocenters. The first kappa shape index (κ1) is 8.87. The molecule has 0 aromatic rings. The second kappa shape index (κ2) is 4.62. The molecule has 0 aliphatic carbocycles. The second-order valence-corrected chi connectivity index (χ2v) is 3.63. The van der Waals surface area contributed by atoms with Gasteiger partial charge in [-0.15, -0.1) is 0 Å². The summed E-state index contributed by atoms with van der Waals surface area (Å²) < 4.78 is 0. The average molecular weight is 174 g/mol. The first-order chi connectivity index (χ1) is 5.34. The fourth-order valence-corrected chi connectivity index (χ4v) is 1.97. The zero-order valence-corrected chi connectivity index (χ0v) is 7.54. The molecule has 0 saturated carbocycles. The van der Waals surface area contributed by atoms with Crippen LogP contribution in [0.5, 0.6) is 0 Å². The summed E-state index contributed by atoms with van der Waals surface area (Å²) in [5.74, 6) is 2.17. The Labute approximate surface area is 71.3 Å². The third-order valence-electron chi connectivity index (χ3n) is 1.59. The maximum absolute atomic E-state index is 11.2. The molecule has 1 aliphatic rings. The maximum Gasteiger partial charge on any atom is 0.237 e. The minimum atomic E-state index is 0.0358. The molecule has 1 rings (SSSR count). The predicted octanol–water partition coefficient (Wildman–Crippen LogP) is -0.173. The van der Waals surface area contributed by atoms with Gasteiger partial charge in [0.05, 0.1) is 6.04 Å². The van der Waals surface area contributed by atoms with E-state index < -0.39 is 0 Å². The van der Waals surface area contributed by atoms with Crippen molar-refractivity contribution in [2.75, 3.05) is 24.6 Å². The highest BCUT2D eigenvalue weighted by molar-refractivity contribution is 7.99. The quantitative estimate of drug-likeness (QED) is 0.610. The Balaban J connectivity index is 2.27. The van der Waals surface area contributed by atoms with E-state index >= 15 is 0 Å². The summed E-state index contributed by atoms with van der Waals surface area (Å²) in [6, 6.07) is 0.0358. The van der Waals surface area contributed by atoms with Gasteiger partial charge in [0.2, 0.25) is 5.91 Å². The molecule has 64 valence electrons. The van der Waals surface area contributed by atoms with Crippen LogP contribution in [0.2, 0.25) is 0 Å². The first-order valence-corrected chi connectivity index (χ1v) is 5.09. The number of rotatable bonds is 2. The number of hydrogen-bond donors (Lipinski definition) is 2. The highest BCUT2D eigenvalue weighted by Crippen LogP contribution is 2.06. The lowest BCUT2D eigenvalue weighted by molar-refractivity contribution is -0.122. The van der Waals surface area contributed by atoms with E-state index in [1.807, 2.05) is 18.7 Å². The predicted molar refractivity (Wildman–Crippen MR) is 47.8 cm³/mol. The van der Waals surface area contributed by atoms with E-state index in [4.69, 9.17) is 0 Å². The molecule has 1 aliphatic heterocycles. The molecule has 3 nitrogen and oxygen atoms in total. The van der Waals surface area contributed by atoms with Crippen molar-refractivity contribution in [2.24, 2.45) is 0 Å². The minimum Gasteiger partial charge on any atom is -0.355 e. The Morgan fingerprint density at radius 2 is 2.64 bits per heavy atom. The van der Waals surface area contributed by atoms with Crippen molar-refractivity contribution in [3.05, 3.63) is 0 Å². The number of amides is 1. The van der Waals surface area contributed by atoms with Crippen LogP contribution in [0.15, 0.2) is 0 Å². The number of carbonyl (C=O) groups excluding carboxylic acids is 1. The summed E-state index contributed by atoms with van der Waals surface area (Å²) in [7, 11) is 0. The van der Waals surface area contributed by atoms with Crippen LogP contribution in [0.25, 0.3) is 0 Å². The maximum atomic E-state index is 11.2. The molecule has 1 saturated heterocycles. The van der Waals surface area contributed by atoms with Crippen LogP contribution in [0.4, 0.5) is 0 Å². The number of hydrogen-bond acceptors (Lipinski definition) is 3. The molecule has 2 N–H and O–H groups in total. The molecule has 4 heteroatoms. The fourth-order valence-electron chi connectivity index (χ4n) is 1.03. The van der Waals surface area contributed by atoms with Crippen LogP contribution >= 0.6 is 11.8 Å². The molecule has 1 fully saturated rings. The van der Waals surface area contributed by atoms with Crippen molar-refractivity contribution >= 4 is 17.7 Å². The van der Waals surface area contributed by atoms with Gasteiger partial charge in [-0.2, -0.15) is 11.8 Å². The van der Waals surface area contributed by atoms with Crippen molar-refractivity contribution in [3.8, 4) is 0 Å². The van der Waals surface area contributed by atoms with Gasteiger partial charge in [-0.1, -0.05) is 0 Å². The number of carbonyl (C=O) groups is 1. The second-order valence-electron chi connectivity index (χ2n) is 2.48. The summed E-state index contributed by atoms with van der Waals surface area (Å²) >= 11 is 1.83. The van der Waals surface area contributed by atoms with Gasteiger partial charge in [-0.3, -0.25) is 4.79 Å². The normalized spacial score (nSPS) is 24.6. The standard InChI is InChI=1S/C7H14N2OS/c1-2-8-7(10)6-5-11-4-3-9-6/h6,9H,2-5H2,1H3,(H,8,10). The molecular weight excluding hydrogens is 160 g/mol. The van der Waals surface area contributed by atoms with E-state index in [-0.39, 0.29) is 11.9 Å². The summed E-state index contributed by atoms with van der Waals surface area (Å²) in [6.45, 7) is 3.61. The first-order valence-electron chi connectivity index (χ1n) is 3.93. The molecule has 0 spiro atoms. The zero-order valence-electron chi connectivity index (χ0n) is 6.72. The summed E-state index contributed by atoms with van der Waals surface area (Å²) in [4.78, 5) is 11.2. The third-order valence-corrected chi connectivity index (χ3v) is 2.65. The zero-order chi connectivity index (χ0) is 8.10. The summed E-state index contributed by atoms with van der Waals surface area (Å²) in [6.07, 6.45) is 0. The molecule has 0 aromatic heterocycles. The van der Waals surface area contributed by atoms with E-state index in [2.05, 4.69) is 10.6 Å². The highest BCUT2D eigenvalue weighted by Gasteiger charge is 2.19. The van der Waals surface area contributed by atoms with Gasteiger partial charge in [0.25, 0.3) is 0 Å². The van der Waals surface area contributed by atoms with E-state index in [1.165, 1.54) is 0 Å². The summed E-state index contributed by atoms with van der Waals surface area (Å²) in [5, 5.41) is 5.97. The molecule has 11 heavy (non-hydrogen) atoms. The van der Waals surface area contributed by atoms with Gasteiger partial charge in [0.15, 0.2) is 0 Å². The Kier molecular flexibility index (Phi) is 3.72. The Morgan fingerprint density at radius 1 is 1.82 bits per heavy atom. The Morgan fingerprint density at radius 3 is 3.18 bits per heavy atom. The number of nitrogens with one attached hydrogen (secondary N) is 2. The molecule has 0 radical (unpaired) electrons. The van der Waals surface area contributed by atoms with Crippen molar-refractivity contribution in [1.29, 1.82) is 0 Å². The van der Waals surface area contributed by atoms with Crippen molar-refractivity contribution in [3.63, 3.8) is 0 Å². The van der Waals surface area contributed by atoms with Gasteiger partial charge < -0.3 is 10.6 Å². The topological polar surface area (TPSA) is 41.1 Å². The third kappa shape index (κ3) is 2.71. The fraction of sp³-hybridized carbons (Fsp3) is 0.857. The average Bonchev–Trinajstić information content (AvgIpc) is 2.07. The Hall–Kier alpha value is -0.220. The number of likely N-dealkylation sites (N-methyl/N-ethyl adjacent to an activating group) is 1. The lowest BCUT2D eigenvalue weighted by Gasteiger charge is -2.21.